The van der Waals surface area contributed by atoms with Gasteiger partial charge in [-0.05, 0) is 73.6 Å². The lowest BCUT2D eigenvalue weighted by Gasteiger charge is -2.27. The van der Waals surface area contributed by atoms with Gasteiger partial charge in [-0.2, -0.15) is 0 Å². The van der Waals surface area contributed by atoms with Crippen molar-refractivity contribution >= 4 is 40.0 Å². The Morgan fingerprint density at radius 3 is 2.50 bits per heavy atom. The number of fused-ring (bicyclic) bond motifs is 1. The number of halogens is 3. The van der Waals surface area contributed by atoms with Gasteiger partial charge in [-0.25, -0.2) is 9.37 Å². The molecule has 1 N–H and O–H groups in total. The summed E-state index contributed by atoms with van der Waals surface area (Å²) in [4.78, 5) is 20.5. The molecule has 1 spiro atoms. The number of carbonyl (C=O) groups is 1. The van der Waals surface area contributed by atoms with E-state index < -0.39 is 5.82 Å². The van der Waals surface area contributed by atoms with Crippen molar-refractivity contribution in [2.75, 3.05) is 0 Å². The molecule has 1 aromatic heterocycles. The number of ketones is 1. The maximum absolute atomic E-state index is 14.7. The van der Waals surface area contributed by atoms with Crippen LogP contribution in [0.5, 0.6) is 0 Å². The van der Waals surface area contributed by atoms with Gasteiger partial charge in [-0.1, -0.05) is 29.3 Å². The lowest BCUT2D eigenvalue weighted by molar-refractivity contribution is 0.0936. The van der Waals surface area contributed by atoms with Gasteiger partial charge in [0.1, 0.15) is 11.6 Å². The zero-order chi connectivity index (χ0) is 20.9. The van der Waals surface area contributed by atoms with Gasteiger partial charge in [0.05, 0.1) is 16.6 Å². The topological polar surface area (TPSA) is 45.8 Å². The van der Waals surface area contributed by atoms with E-state index in [1.54, 1.807) is 24.3 Å². The number of H-pyrrole nitrogens is 1. The molecule has 6 heteroatoms. The number of nitrogens with one attached hydrogen (secondary N) is 1. The van der Waals surface area contributed by atoms with Crippen molar-refractivity contribution in [1.82, 2.24) is 9.97 Å². The molecule has 2 aliphatic rings. The second-order valence-electron chi connectivity index (χ2n) is 8.98. The Balaban J connectivity index is 1.35. The molecule has 3 nitrogen and oxygen atoms in total. The minimum atomic E-state index is -0.493. The first-order valence-corrected chi connectivity index (χ1v) is 11.3. The fraction of sp³-hybridized carbons (Fsp3) is 0.417. The molecule has 156 valence electrons. The molecule has 2 saturated carbocycles. The van der Waals surface area contributed by atoms with Crippen molar-refractivity contribution in [3.8, 4) is 0 Å². The highest BCUT2D eigenvalue weighted by atomic mass is 35.5. The summed E-state index contributed by atoms with van der Waals surface area (Å²) in [6, 6.07) is 8.28. The number of aromatic amines is 1. The Bertz CT molecular complexity index is 1110. The first kappa shape index (κ1) is 20.0. The number of nitrogens with zero attached hydrogens (tertiary/aromatic N) is 1. The highest BCUT2D eigenvalue weighted by Crippen LogP contribution is 2.57. The fourth-order valence-electron chi connectivity index (χ4n) is 4.79. The van der Waals surface area contributed by atoms with Crippen molar-refractivity contribution in [2.45, 2.75) is 51.4 Å². The van der Waals surface area contributed by atoms with Gasteiger partial charge in [-0.15, -0.1) is 0 Å². The minimum absolute atomic E-state index is 0.121. The summed E-state index contributed by atoms with van der Waals surface area (Å²) in [7, 11) is 0. The van der Waals surface area contributed by atoms with E-state index in [0.717, 1.165) is 18.4 Å². The molecule has 5 rings (SSSR count). The second-order valence-corrected chi connectivity index (χ2v) is 9.79. The summed E-state index contributed by atoms with van der Waals surface area (Å²) >= 11 is 12.5. The Morgan fingerprint density at radius 2 is 1.83 bits per heavy atom. The molecule has 0 atom stereocenters. The summed E-state index contributed by atoms with van der Waals surface area (Å²) in [6.45, 7) is 0. The molecule has 0 aliphatic heterocycles. The first-order chi connectivity index (χ1) is 14.4. The van der Waals surface area contributed by atoms with E-state index in [0.29, 0.717) is 51.1 Å². The predicted octanol–water partition coefficient (Wildman–Crippen LogP) is 7.14. The maximum atomic E-state index is 14.7. The fourth-order valence-corrected chi connectivity index (χ4v) is 5.32. The third kappa shape index (κ3) is 3.88. The van der Waals surface area contributed by atoms with Crippen molar-refractivity contribution in [2.24, 2.45) is 11.3 Å². The number of hydrogen-bond acceptors (Lipinski definition) is 2. The summed E-state index contributed by atoms with van der Waals surface area (Å²) in [5.41, 5.74) is 2.65. The highest BCUT2D eigenvalue weighted by molar-refractivity contribution is 6.36. The van der Waals surface area contributed by atoms with E-state index in [4.69, 9.17) is 23.2 Å². The van der Waals surface area contributed by atoms with E-state index in [2.05, 4.69) is 9.97 Å². The van der Waals surface area contributed by atoms with Gasteiger partial charge in [-0.3, -0.25) is 4.79 Å². The number of hydrogen-bond donors (Lipinski definition) is 1. The van der Waals surface area contributed by atoms with Gasteiger partial charge in [0, 0.05) is 29.0 Å². The van der Waals surface area contributed by atoms with Crippen LogP contribution in [0.1, 0.15) is 66.7 Å². The Morgan fingerprint density at radius 1 is 1.13 bits per heavy atom. The number of carbonyl (C=O) groups excluding carboxylic acids is 1. The standard InChI is InChI=1S/C24H23Cl2FN2O/c25-17-2-1-3-18(26)15(17)12-23-28-20-11-16(19(27)13-21(20)29-23)22(30)10-14-4-6-24(7-5-14)8-9-24/h1-3,11,13-14H,4-10,12H2,(H,28,29). The summed E-state index contributed by atoms with van der Waals surface area (Å²) in [6.07, 6.45) is 8.13. The normalized spacial score (nSPS) is 18.2. The molecule has 2 fully saturated rings. The number of Topliss-reactive ketones (excluding diaryl/α,β-unsaturated/α-hetero) is 1. The number of benzene rings is 2. The SMILES string of the molecule is O=C(CC1CCC2(CC1)CC2)c1cc2nc(Cc3c(Cl)cccc3Cl)[nH]c2cc1F. The molecule has 2 aliphatic carbocycles. The number of aromatic nitrogens is 2. The van der Waals surface area contributed by atoms with Crippen LogP contribution in [0.3, 0.4) is 0 Å². The Hall–Kier alpha value is -1.91. The predicted molar refractivity (Wildman–Crippen MR) is 118 cm³/mol. The molecule has 0 amide bonds. The van der Waals surface area contributed by atoms with E-state index >= 15 is 0 Å². The summed E-state index contributed by atoms with van der Waals surface area (Å²) < 4.78 is 14.7. The van der Waals surface area contributed by atoms with Crippen LogP contribution < -0.4 is 0 Å². The lowest BCUT2D eigenvalue weighted by atomic mass is 9.77. The van der Waals surface area contributed by atoms with Gasteiger partial charge in [0.15, 0.2) is 5.78 Å². The van der Waals surface area contributed by atoms with E-state index in [9.17, 15) is 9.18 Å². The monoisotopic (exact) mass is 444 g/mol. The quantitative estimate of drug-likeness (QED) is 0.424. The van der Waals surface area contributed by atoms with Crippen LogP contribution >= 0.6 is 23.2 Å². The average Bonchev–Trinajstić information content (AvgIpc) is 3.35. The molecule has 0 saturated heterocycles. The zero-order valence-corrected chi connectivity index (χ0v) is 18.1. The van der Waals surface area contributed by atoms with E-state index in [1.165, 1.54) is 31.7 Å². The van der Waals surface area contributed by atoms with Crippen LogP contribution in [0.2, 0.25) is 10.0 Å². The van der Waals surface area contributed by atoms with E-state index in [1.807, 2.05) is 0 Å². The average molecular weight is 445 g/mol. The molecular weight excluding hydrogens is 422 g/mol. The summed E-state index contributed by atoms with van der Waals surface area (Å²) in [5, 5.41) is 1.12. The Kier molecular flexibility index (Phi) is 5.11. The van der Waals surface area contributed by atoms with Crippen LogP contribution in [0.15, 0.2) is 30.3 Å². The third-order valence-corrected chi connectivity index (χ3v) is 7.63. The molecule has 0 bridgehead atoms. The second kappa shape index (κ2) is 7.65. The van der Waals surface area contributed by atoms with Crippen LogP contribution in [-0.2, 0) is 6.42 Å². The lowest BCUT2D eigenvalue weighted by Crippen LogP contribution is -2.18. The maximum Gasteiger partial charge on any atom is 0.166 e. The van der Waals surface area contributed by atoms with Crippen LogP contribution in [-0.4, -0.2) is 15.8 Å². The van der Waals surface area contributed by atoms with Crippen LogP contribution in [0, 0.1) is 17.2 Å². The molecule has 3 aromatic rings. The molecule has 2 aromatic carbocycles. The van der Waals surface area contributed by atoms with E-state index in [-0.39, 0.29) is 11.3 Å². The van der Waals surface area contributed by atoms with Crippen molar-refractivity contribution in [3.63, 3.8) is 0 Å². The van der Waals surface area contributed by atoms with Gasteiger partial charge in [0.2, 0.25) is 0 Å². The number of imidazole rings is 1. The zero-order valence-electron chi connectivity index (χ0n) is 16.6. The molecular formula is C24H23Cl2FN2O. The minimum Gasteiger partial charge on any atom is -0.342 e. The van der Waals surface area contributed by atoms with Crippen LogP contribution in [0.4, 0.5) is 4.39 Å². The molecule has 0 unspecified atom stereocenters. The van der Waals surface area contributed by atoms with Gasteiger partial charge in [0.25, 0.3) is 0 Å². The molecule has 0 radical (unpaired) electrons. The smallest absolute Gasteiger partial charge is 0.166 e. The van der Waals surface area contributed by atoms with Crippen molar-refractivity contribution in [1.29, 1.82) is 0 Å². The number of rotatable bonds is 5. The first-order valence-electron chi connectivity index (χ1n) is 10.6. The largest absolute Gasteiger partial charge is 0.342 e. The van der Waals surface area contributed by atoms with Crippen molar-refractivity contribution in [3.05, 3.63) is 63.1 Å². The Labute approximate surface area is 185 Å². The van der Waals surface area contributed by atoms with Crippen molar-refractivity contribution < 1.29 is 9.18 Å². The van der Waals surface area contributed by atoms with Gasteiger partial charge < -0.3 is 4.98 Å². The van der Waals surface area contributed by atoms with Gasteiger partial charge >= 0.3 is 0 Å². The third-order valence-electron chi connectivity index (χ3n) is 6.92. The summed E-state index contributed by atoms with van der Waals surface area (Å²) in [5.74, 6) is 0.389. The van der Waals surface area contributed by atoms with Crippen LogP contribution in [0.25, 0.3) is 11.0 Å². The molecule has 30 heavy (non-hydrogen) atoms. The highest BCUT2D eigenvalue weighted by Gasteiger charge is 2.44. The molecule has 1 heterocycles.